The molecule has 1 atom stereocenters. The zero-order valence-corrected chi connectivity index (χ0v) is 19.3. The van der Waals surface area contributed by atoms with Crippen LogP contribution >= 0.6 is 11.8 Å². The zero-order chi connectivity index (χ0) is 22.1. The van der Waals surface area contributed by atoms with Gasteiger partial charge in [0.2, 0.25) is 10.0 Å². The highest BCUT2D eigenvalue weighted by atomic mass is 32.2. The smallest absolute Gasteiger partial charge is 0.257 e. The summed E-state index contributed by atoms with van der Waals surface area (Å²) < 4.78 is 24.8. The van der Waals surface area contributed by atoms with Crippen LogP contribution in [0.2, 0.25) is 0 Å². The molecule has 0 saturated carbocycles. The number of carbonyl (C=O) groups excluding carboxylic acids is 1. The van der Waals surface area contributed by atoms with Gasteiger partial charge in [0.15, 0.2) is 0 Å². The molecule has 1 amide bonds. The van der Waals surface area contributed by atoms with Crippen LogP contribution in [0.4, 0.5) is 11.4 Å². The van der Waals surface area contributed by atoms with Crippen molar-refractivity contribution in [2.45, 2.75) is 43.6 Å². The highest BCUT2D eigenvalue weighted by Gasteiger charge is 2.19. The van der Waals surface area contributed by atoms with Crippen molar-refractivity contribution in [2.24, 2.45) is 0 Å². The van der Waals surface area contributed by atoms with Crippen molar-refractivity contribution in [1.82, 2.24) is 0 Å². The lowest BCUT2D eigenvalue weighted by Gasteiger charge is -2.19. The van der Waals surface area contributed by atoms with E-state index in [1.54, 1.807) is 48.2 Å². The van der Waals surface area contributed by atoms with Gasteiger partial charge in [-0.3, -0.25) is 9.10 Å². The number of nitrogens with one attached hydrogen (secondary N) is 1. The van der Waals surface area contributed by atoms with Gasteiger partial charge in [-0.05, 0) is 42.8 Å². The number of anilines is 2. The lowest BCUT2D eigenvalue weighted by Crippen LogP contribution is -2.27. The molecule has 0 saturated heterocycles. The predicted molar refractivity (Wildman–Crippen MR) is 125 cm³/mol. The first-order chi connectivity index (χ1) is 14.2. The van der Waals surface area contributed by atoms with Crippen molar-refractivity contribution in [1.29, 1.82) is 0 Å². The summed E-state index contributed by atoms with van der Waals surface area (Å²) in [4.78, 5) is 13.7. The Kier molecular flexibility index (Phi) is 9.20. The largest absolute Gasteiger partial charge is 0.392 e. The molecule has 0 bridgehead atoms. The van der Waals surface area contributed by atoms with Crippen molar-refractivity contribution in [3.05, 3.63) is 54.1 Å². The van der Waals surface area contributed by atoms with Gasteiger partial charge in [0, 0.05) is 23.4 Å². The van der Waals surface area contributed by atoms with Crippen molar-refractivity contribution in [2.75, 3.05) is 28.7 Å². The third kappa shape index (κ3) is 7.34. The standard InChI is InChI=1S/C22H30N2O4S2/c1-4-5-6-9-18(25)16-29-19-14-12-17(13-15-19)23-22(26)20-10-7-8-11-21(20)24(2)30(3,27)28/h7-8,10-15,18,25H,4-6,9,16H2,1-3H3,(H,23,26). The average molecular weight is 451 g/mol. The Morgan fingerprint density at radius 1 is 1.13 bits per heavy atom. The first kappa shape index (κ1) is 24.2. The topological polar surface area (TPSA) is 86.7 Å². The van der Waals surface area contributed by atoms with Crippen LogP contribution < -0.4 is 9.62 Å². The van der Waals surface area contributed by atoms with Crippen LogP contribution in [-0.4, -0.2) is 44.6 Å². The third-order valence-electron chi connectivity index (χ3n) is 4.68. The highest BCUT2D eigenvalue weighted by Crippen LogP contribution is 2.25. The quantitative estimate of drug-likeness (QED) is 0.392. The van der Waals surface area contributed by atoms with E-state index in [-0.39, 0.29) is 17.6 Å². The molecule has 0 aliphatic carbocycles. The van der Waals surface area contributed by atoms with Gasteiger partial charge in [-0.25, -0.2) is 8.42 Å². The Morgan fingerprint density at radius 2 is 1.80 bits per heavy atom. The van der Waals surface area contributed by atoms with Gasteiger partial charge in [-0.2, -0.15) is 0 Å². The summed E-state index contributed by atoms with van der Waals surface area (Å²) in [6.45, 7) is 2.14. The average Bonchev–Trinajstić information content (AvgIpc) is 2.72. The minimum atomic E-state index is -3.48. The zero-order valence-electron chi connectivity index (χ0n) is 17.7. The molecule has 2 aromatic carbocycles. The number of aliphatic hydroxyl groups is 1. The predicted octanol–water partition coefficient (Wildman–Crippen LogP) is 4.37. The van der Waals surface area contributed by atoms with Crippen LogP contribution in [0.1, 0.15) is 43.0 Å². The molecule has 0 aliphatic heterocycles. The van der Waals surface area contributed by atoms with E-state index in [1.165, 1.54) is 7.05 Å². The number of hydrogen-bond acceptors (Lipinski definition) is 5. The Morgan fingerprint density at radius 3 is 2.43 bits per heavy atom. The molecule has 30 heavy (non-hydrogen) atoms. The Hall–Kier alpha value is -2.03. The molecule has 0 aliphatic rings. The Bertz CT molecular complexity index is 930. The number of thioether (sulfide) groups is 1. The Labute approximate surface area is 183 Å². The summed E-state index contributed by atoms with van der Waals surface area (Å²) in [7, 11) is -2.06. The summed E-state index contributed by atoms with van der Waals surface area (Å²) in [6, 6.07) is 14.0. The number of hydrogen-bond donors (Lipinski definition) is 2. The fraction of sp³-hybridized carbons (Fsp3) is 0.409. The molecule has 2 aromatic rings. The molecular weight excluding hydrogens is 420 g/mol. The molecule has 164 valence electrons. The molecule has 8 heteroatoms. The van der Waals surface area contributed by atoms with E-state index in [1.807, 2.05) is 12.1 Å². The van der Waals surface area contributed by atoms with Crippen molar-refractivity contribution in [3.63, 3.8) is 0 Å². The fourth-order valence-corrected chi connectivity index (χ4v) is 4.25. The number of carbonyl (C=O) groups is 1. The van der Waals surface area contributed by atoms with Gasteiger partial charge in [0.25, 0.3) is 5.91 Å². The van der Waals surface area contributed by atoms with Crippen LogP contribution in [0.5, 0.6) is 0 Å². The van der Waals surface area contributed by atoms with Gasteiger partial charge >= 0.3 is 0 Å². The van der Waals surface area contributed by atoms with E-state index < -0.39 is 10.0 Å². The van der Waals surface area contributed by atoms with E-state index in [9.17, 15) is 18.3 Å². The molecular formula is C22H30N2O4S2. The lowest BCUT2D eigenvalue weighted by molar-refractivity contribution is 0.102. The van der Waals surface area contributed by atoms with Crippen LogP contribution in [0.3, 0.4) is 0 Å². The Balaban J connectivity index is 1.99. The maximum absolute atomic E-state index is 12.7. The summed E-state index contributed by atoms with van der Waals surface area (Å²) in [5, 5.41) is 12.9. The second kappa shape index (κ2) is 11.4. The van der Waals surface area contributed by atoms with Gasteiger partial charge < -0.3 is 10.4 Å². The van der Waals surface area contributed by atoms with E-state index in [2.05, 4.69) is 12.2 Å². The van der Waals surface area contributed by atoms with Crippen LogP contribution in [0.25, 0.3) is 0 Å². The summed E-state index contributed by atoms with van der Waals surface area (Å²) in [5.74, 6) is 0.258. The molecule has 1 unspecified atom stereocenters. The van der Waals surface area contributed by atoms with Crippen molar-refractivity contribution in [3.8, 4) is 0 Å². The normalized spacial score (nSPS) is 12.4. The lowest BCUT2D eigenvalue weighted by atomic mass is 10.1. The van der Waals surface area contributed by atoms with E-state index in [0.717, 1.165) is 41.1 Å². The van der Waals surface area contributed by atoms with E-state index in [4.69, 9.17) is 0 Å². The van der Waals surface area contributed by atoms with Crippen LogP contribution in [0, 0.1) is 0 Å². The fourth-order valence-electron chi connectivity index (χ4n) is 2.86. The summed E-state index contributed by atoms with van der Waals surface area (Å²) >= 11 is 1.58. The van der Waals surface area contributed by atoms with Crippen LogP contribution in [0.15, 0.2) is 53.4 Å². The molecule has 2 N–H and O–H groups in total. The second-order valence-corrected chi connectivity index (χ2v) is 10.3. The molecule has 0 aromatic heterocycles. The van der Waals surface area contributed by atoms with Crippen molar-refractivity contribution < 1.29 is 18.3 Å². The van der Waals surface area contributed by atoms with Gasteiger partial charge in [-0.1, -0.05) is 38.3 Å². The van der Waals surface area contributed by atoms with E-state index in [0.29, 0.717) is 17.1 Å². The van der Waals surface area contributed by atoms with Crippen molar-refractivity contribution >= 4 is 39.1 Å². The third-order valence-corrected chi connectivity index (χ3v) is 7.03. The van der Waals surface area contributed by atoms with Gasteiger partial charge in [0.05, 0.1) is 23.6 Å². The number of benzene rings is 2. The first-order valence-electron chi connectivity index (χ1n) is 9.97. The number of sulfonamides is 1. The van der Waals surface area contributed by atoms with Gasteiger partial charge in [0.1, 0.15) is 0 Å². The molecule has 6 nitrogen and oxygen atoms in total. The maximum Gasteiger partial charge on any atom is 0.257 e. The summed E-state index contributed by atoms with van der Waals surface area (Å²) in [6.07, 6.45) is 4.92. The highest BCUT2D eigenvalue weighted by molar-refractivity contribution is 7.99. The number of aliphatic hydroxyl groups excluding tert-OH is 1. The SMILES string of the molecule is CCCCCC(O)CSc1ccc(NC(=O)c2ccccc2N(C)S(C)(=O)=O)cc1. The maximum atomic E-state index is 12.7. The monoisotopic (exact) mass is 450 g/mol. The first-order valence-corrected chi connectivity index (χ1v) is 12.8. The number of amides is 1. The van der Waals surface area contributed by atoms with Gasteiger partial charge in [-0.15, -0.1) is 11.8 Å². The number of rotatable bonds is 11. The number of nitrogens with zero attached hydrogens (tertiary/aromatic N) is 1. The van der Waals surface area contributed by atoms with E-state index >= 15 is 0 Å². The summed E-state index contributed by atoms with van der Waals surface area (Å²) in [5.41, 5.74) is 1.21. The minimum Gasteiger partial charge on any atom is -0.392 e. The number of unbranched alkanes of at least 4 members (excludes halogenated alkanes) is 2. The molecule has 0 fully saturated rings. The molecule has 0 radical (unpaired) electrons. The minimum absolute atomic E-state index is 0.277. The molecule has 2 rings (SSSR count). The second-order valence-electron chi connectivity index (χ2n) is 7.19. The molecule has 0 spiro atoms. The number of para-hydroxylation sites is 1. The van der Waals surface area contributed by atoms with Crippen LogP contribution in [-0.2, 0) is 10.0 Å². The molecule has 0 heterocycles.